The zero-order chi connectivity index (χ0) is 30.8. The summed E-state index contributed by atoms with van der Waals surface area (Å²) in [7, 11) is 0. The van der Waals surface area contributed by atoms with Gasteiger partial charge in [-0.2, -0.15) is 0 Å². The predicted molar refractivity (Wildman–Crippen MR) is 165 cm³/mol. The van der Waals surface area contributed by atoms with Crippen LogP contribution in [0.5, 0.6) is 11.5 Å². The van der Waals surface area contributed by atoms with Crippen molar-refractivity contribution in [1.82, 2.24) is 0 Å². The second-order valence-corrected chi connectivity index (χ2v) is 9.38. The van der Waals surface area contributed by atoms with Gasteiger partial charge in [0.25, 0.3) is 0 Å². The summed E-state index contributed by atoms with van der Waals surface area (Å²) in [6, 6.07) is 25.5. The molecule has 0 aliphatic carbocycles. The topological polar surface area (TPSA) is 52.6 Å². The number of para-hydroxylation sites is 1. The molecule has 0 spiro atoms. The minimum atomic E-state index is -0.511. The molecule has 0 heterocycles. The first-order valence-corrected chi connectivity index (χ1v) is 13.1. The Bertz CT molecular complexity index is 1910. The molecule has 0 saturated carbocycles. The summed E-state index contributed by atoms with van der Waals surface area (Å²) in [5, 5.41) is 0. The maximum Gasteiger partial charge on any atom is 0.338 e. The van der Waals surface area contributed by atoms with Crippen LogP contribution in [0.25, 0.3) is 0 Å². The zero-order valence-electron chi connectivity index (χ0n) is 23.6. The van der Waals surface area contributed by atoms with Crippen LogP contribution in [-0.4, -0.2) is 11.9 Å². The molecular weight excluding hydrogens is 539 g/mol. The first-order chi connectivity index (χ1) is 20.7. The third-order valence-electron chi connectivity index (χ3n) is 5.74. The van der Waals surface area contributed by atoms with Gasteiger partial charge in [-0.1, -0.05) is 60.8 Å². The van der Waals surface area contributed by atoms with E-state index in [4.69, 9.17) is 9.47 Å². The molecule has 5 heteroatoms. The Kier molecular flexibility index (Phi) is 9.73. The van der Waals surface area contributed by atoms with Crippen molar-refractivity contribution < 1.29 is 23.5 Å². The van der Waals surface area contributed by atoms with Crippen molar-refractivity contribution in [3.8, 4) is 47.0 Å². The molecule has 43 heavy (non-hydrogen) atoms. The van der Waals surface area contributed by atoms with Gasteiger partial charge in [-0.15, -0.1) is 0 Å². The summed E-state index contributed by atoms with van der Waals surface area (Å²) in [4.78, 5) is 23.5. The average Bonchev–Trinajstić information content (AvgIpc) is 3.00. The van der Waals surface area contributed by atoms with E-state index in [-0.39, 0.29) is 5.56 Å². The van der Waals surface area contributed by atoms with E-state index in [1.54, 1.807) is 80.6 Å². The molecule has 0 aromatic heterocycles. The fraction of sp³-hybridized carbons (Fsp3) is 0.0526. The summed E-state index contributed by atoms with van der Waals surface area (Å²) in [5.74, 6) is 17.1. The molecule has 0 aliphatic heterocycles. The van der Waals surface area contributed by atoms with Gasteiger partial charge in [0.15, 0.2) is 0 Å². The van der Waals surface area contributed by atoms with E-state index in [1.807, 2.05) is 18.2 Å². The number of hydrogen-bond donors (Lipinski definition) is 0. The molecule has 4 nitrogen and oxygen atoms in total. The molecule has 0 fully saturated rings. The molecule has 0 saturated heterocycles. The number of halogens is 1. The normalized spacial score (nSPS) is 9.56. The van der Waals surface area contributed by atoms with E-state index in [0.29, 0.717) is 44.9 Å². The highest BCUT2D eigenvalue weighted by Gasteiger charge is 2.08. The number of hydrogen-bond acceptors (Lipinski definition) is 4. The van der Waals surface area contributed by atoms with Gasteiger partial charge in [0, 0.05) is 33.4 Å². The lowest BCUT2D eigenvalue weighted by atomic mass is 10.1. The summed E-state index contributed by atoms with van der Waals surface area (Å²) in [6.07, 6.45) is 0. The molecule has 0 atom stereocenters. The number of benzene rings is 4. The van der Waals surface area contributed by atoms with Crippen molar-refractivity contribution in [3.05, 3.63) is 154 Å². The Morgan fingerprint density at radius 2 is 1.05 bits per heavy atom. The van der Waals surface area contributed by atoms with Crippen LogP contribution in [0.2, 0.25) is 0 Å². The highest BCUT2D eigenvalue weighted by molar-refractivity contribution is 5.89. The molecular formula is C38H25FO4. The summed E-state index contributed by atoms with van der Waals surface area (Å²) >= 11 is 0. The highest BCUT2D eigenvalue weighted by Crippen LogP contribution is 2.18. The van der Waals surface area contributed by atoms with Crippen LogP contribution in [0, 0.1) is 41.3 Å². The monoisotopic (exact) mass is 564 g/mol. The Balaban J connectivity index is 1.41. The number of esters is 2. The molecule has 0 aliphatic rings. The molecule has 0 bridgehead atoms. The van der Waals surface area contributed by atoms with Gasteiger partial charge in [0.05, 0.1) is 11.1 Å². The highest BCUT2D eigenvalue weighted by atomic mass is 19.1. The van der Waals surface area contributed by atoms with Crippen LogP contribution in [0.3, 0.4) is 0 Å². The summed E-state index contributed by atoms with van der Waals surface area (Å²) in [6.45, 7) is 10.3. The van der Waals surface area contributed by atoms with Crippen molar-refractivity contribution in [2.45, 2.75) is 13.8 Å². The number of rotatable bonds is 4. The van der Waals surface area contributed by atoms with Crippen molar-refractivity contribution >= 4 is 11.9 Å². The Hall–Kier alpha value is -6.09. The zero-order valence-corrected chi connectivity index (χ0v) is 23.6. The van der Waals surface area contributed by atoms with Crippen molar-refractivity contribution in [1.29, 1.82) is 0 Å². The van der Waals surface area contributed by atoms with Gasteiger partial charge in [0.2, 0.25) is 0 Å². The van der Waals surface area contributed by atoms with Crippen LogP contribution in [-0.2, 0) is 9.59 Å². The quantitative estimate of drug-likeness (QED) is 0.116. The smallest absolute Gasteiger partial charge is 0.338 e. The second kappa shape index (κ2) is 14.0. The van der Waals surface area contributed by atoms with E-state index in [2.05, 4.69) is 48.7 Å². The lowest BCUT2D eigenvalue weighted by Crippen LogP contribution is -2.09. The first-order valence-electron chi connectivity index (χ1n) is 13.1. The predicted octanol–water partition coefficient (Wildman–Crippen LogP) is 6.99. The molecule has 208 valence electrons. The Labute approximate surface area is 250 Å². The molecule has 4 aromatic carbocycles. The lowest BCUT2D eigenvalue weighted by molar-refractivity contribution is -0.130. The SMILES string of the molecule is C=C(C)C(=O)Oc1ccc(C#Cc2ccc(C#Cc3ccc(C#Cc4ccccc4OC(=O)C(=C)C)cc3)c(F)c2)cc1. The van der Waals surface area contributed by atoms with E-state index >= 15 is 0 Å². The van der Waals surface area contributed by atoms with Crippen LogP contribution in [0.1, 0.15) is 47.2 Å². The fourth-order valence-corrected chi connectivity index (χ4v) is 3.40. The van der Waals surface area contributed by atoms with Crippen molar-refractivity contribution in [2.75, 3.05) is 0 Å². The van der Waals surface area contributed by atoms with Crippen molar-refractivity contribution in [2.24, 2.45) is 0 Å². The van der Waals surface area contributed by atoms with Gasteiger partial charge in [-0.05, 0) is 92.7 Å². The molecule has 0 unspecified atom stereocenters. The Morgan fingerprint density at radius 1 is 0.581 bits per heavy atom. The number of carbonyl (C=O) groups excluding carboxylic acids is 2. The van der Waals surface area contributed by atoms with Crippen LogP contribution in [0.4, 0.5) is 4.39 Å². The van der Waals surface area contributed by atoms with Gasteiger partial charge in [0.1, 0.15) is 17.3 Å². The van der Waals surface area contributed by atoms with Gasteiger partial charge in [-0.25, -0.2) is 14.0 Å². The lowest BCUT2D eigenvalue weighted by Gasteiger charge is -2.05. The molecule has 4 aromatic rings. The minimum Gasteiger partial charge on any atom is -0.423 e. The number of carbonyl (C=O) groups is 2. The van der Waals surface area contributed by atoms with Crippen molar-refractivity contribution in [3.63, 3.8) is 0 Å². The van der Waals surface area contributed by atoms with E-state index in [0.717, 1.165) is 5.56 Å². The Morgan fingerprint density at radius 3 is 1.63 bits per heavy atom. The number of ether oxygens (including phenoxy) is 2. The van der Waals surface area contributed by atoms with Gasteiger partial charge in [-0.3, -0.25) is 0 Å². The van der Waals surface area contributed by atoms with Gasteiger partial charge < -0.3 is 9.47 Å². The minimum absolute atomic E-state index is 0.249. The third kappa shape index (κ3) is 8.70. The average molecular weight is 565 g/mol. The van der Waals surface area contributed by atoms with Crippen LogP contribution >= 0.6 is 0 Å². The van der Waals surface area contributed by atoms with Crippen LogP contribution in [0.15, 0.2) is 115 Å². The molecule has 4 rings (SSSR count). The maximum atomic E-state index is 14.7. The van der Waals surface area contributed by atoms with E-state index in [1.165, 1.54) is 6.07 Å². The van der Waals surface area contributed by atoms with Gasteiger partial charge >= 0.3 is 11.9 Å². The van der Waals surface area contributed by atoms with E-state index < -0.39 is 17.8 Å². The second-order valence-electron chi connectivity index (χ2n) is 9.38. The summed E-state index contributed by atoms with van der Waals surface area (Å²) < 4.78 is 25.2. The first kappa shape index (κ1) is 29.9. The standard InChI is InChI=1S/C38H25FO4/c1-26(2)37(40)42-34-23-18-30(19-24-34)13-14-31-17-21-32(35(39)25-31)20-15-28-9-11-29(12-10-28)16-22-33-7-5-6-8-36(33)43-38(41)27(3)4/h5-12,17-19,21,23-25H,1,3H2,2,4H3. The molecule has 0 N–H and O–H groups in total. The summed E-state index contributed by atoms with van der Waals surface area (Å²) in [5.41, 5.74) is 4.05. The third-order valence-corrected chi connectivity index (χ3v) is 5.74. The molecule has 0 amide bonds. The molecule has 0 radical (unpaired) electrons. The van der Waals surface area contributed by atoms with Crippen LogP contribution < -0.4 is 9.47 Å². The maximum absolute atomic E-state index is 14.7. The largest absolute Gasteiger partial charge is 0.423 e. The fourth-order valence-electron chi connectivity index (χ4n) is 3.40. The van der Waals surface area contributed by atoms with E-state index in [9.17, 15) is 14.0 Å².